The van der Waals surface area contributed by atoms with Crippen molar-refractivity contribution in [3.05, 3.63) is 74.5 Å². The molecule has 0 saturated carbocycles. The Morgan fingerprint density at radius 2 is 1.41 bits per heavy atom. The number of halogens is 3. The lowest BCUT2D eigenvalue weighted by Gasteiger charge is -2.21. The number of ketones is 2. The Morgan fingerprint density at radius 1 is 0.852 bits per heavy atom. The van der Waals surface area contributed by atoms with Crippen LogP contribution in [0.15, 0.2) is 74.5 Å². The number of carbonyl (C=O) groups is 2. The molecule has 0 radical (unpaired) electrons. The van der Waals surface area contributed by atoms with Crippen LogP contribution in [0.25, 0.3) is 0 Å². The van der Waals surface area contributed by atoms with E-state index in [0.29, 0.717) is 17.1 Å². The predicted octanol–water partition coefficient (Wildman–Crippen LogP) is 5.03. The monoisotopic (exact) mass is 466 g/mol. The van der Waals surface area contributed by atoms with Gasteiger partial charge in [-0.25, -0.2) is 0 Å². The molecule has 1 aliphatic carbocycles. The van der Waals surface area contributed by atoms with Crippen molar-refractivity contribution in [3.8, 4) is 5.75 Å². The van der Waals surface area contributed by atoms with E-state index in [1.165, 1.54) is 7.11 Å². The summed E-state index contributed by atoms with van der Waals surface area (Å²) in [5.74, 6) is -0.679. The number of anilines is 2. The van der Waals surface area contributed by atoms with Crippen molar-refractivity contribution in [1.29, 1.82) is 0 Å². The Balaban J connectivity index is 1.91. The molecule has 138 valence electrons. The Kier molecular flexibility index (Phi) is 5.89. The van der Waals surface area contributed by atoms with Gasteiger partial charge in [-0.2, -0.15) is 0 Å². The maximum absolute atomic E-state index is 12.7. The van der Waals surface area contributed by atoms with Gasteiger partial charge < -0.3 is 15.4 Å². The summed E-state index contributed by atoms with van der Waals surface area (Å²) in [6.07, 6.45) is 0. The predicted molar refractivity (Wildman–Crippen MR) is 110 cm³/mol. The highest BCUT2D eigenvalue weighted by Crippen LogP contribution is 2.33. The van der Waals surface area contributed by atoms with Gasteiger partial charge in [0.1, 0.15) is 27.2 Å². The maximum Gasteiger partial charge on any atom is 0.224 e. The Labute approximate surface area is 174 Å². The number of ether oxygens (including phenoxy) is 1. The molecular weight excluding hydrogens is 455 g/mol. The summed E-state index contributed by atoms with van der Waals surface area (Å²) in [4.78, 5) is 25.4. The minimum Gasteiger partial charge on any atom is -0.495 e. The summed E-state index contributed by atoms with van der Waals surface area (Å²) in [5.41, 5.74) is 0.915. The molecule has 0 amide bonds. The van der Waals surface area contributed by atoms with Gasteiger partial charge in [-0.15, -0.1) is 0 Å². The minimum absolute atomic E-state index is 0.0698. The SMILES string of the molecule is COc1ccccc1NC1=C(Cl)C(=O)C(Nc2ccc(Br)cc2)=C(Cl)C1=O. The summed E-state index contributed by atoms with van der Waals surface area (Å²) in [5, 5.41) is 5.21. The molecule has 0 atom stereocenters. The van der Waals surface area contributed by atoms with Crippen LogP contribution in [0.1, 0.15) is 0 Å². The van der Waals surface area contributed by atoms with Crippen LogP contribution in [0.5, 0.6) is 5.75 Å². The van der Waals surface area contributed by atoms with Gasteiger partial charge in [-0.05, 0) is 36.4 Å². The van der Waals surface area contributed by atoms with Gasteiger partial charge in [0.05, 0.1) is 12.8 Å². The van der Waals surface area contributed by atoms with E-state index in [0.717, 1.165) is 4.47 Å². The lowest BCUT2D eigenvalue weighted by molar-refractivity contribution is -0.115. The molecule has 8 heteroatoms. The lowest BCUT2D eigenvalue weighted by atomic mass is 10.0. The van der Waals surface area contributed by atoms with E-state index in [1.807, 2.05) is 0 Å². The highest BCUT2D eigenvalue weighted by molar-refractivity contribution is 9.10. The van der Waals surface area contributed by atoms with Gasteiger partial charge in [0.15, 0.2) is 0 Å². The molecule has 1 aliphatic rings. The van der Waals surface area contributed by atoms with Crippen molar-refractivity contribution in [2.45, 2.75) is 0 Å². The number of allylic oxidation sites excluding steroid dienone is 2. The fourth-order valence-electron chi connectivity index (χ4n) is 2.43. The zero-order valence-corrected chi connectivity index (χ0v) is 17.1. The molecule has 2 aromatic carbocycles. The Hall–Kier alpha value is -2.28. The summed E-state index contributed by atoms with van der Waals surface area (Å²) < 4.78 is 6.11. The van der Waals surface area contributed by atoms with Crippen molar-refractivity contribution in [2.75, 3.05) is 17.7 Å². The third kappa shape index (κ3) is 4.03. The fourth-order valence-corrected chi connectivity index (χ4v) is 3.15. The topological polar surface area (TPSA) is 67.4 Å². The largest absolute Gasteiger partial charge is 0.495 e. The van der Waals surface area contributed by atoms with Crippen LogP contribution >= 0.6 is 39.1 Å². The first-order valence-electron chi connectivity index (χ1n) is 7.74. The van der Waals surface area contributed by atoms with Crippen LogP contribution in [0.3, 0.4) is 0 Å². The van der Waals surface area contributed by atoms with Crippen LogP contribution in [0.4, 0.5) is 11.4 Å². The van der Waals surface area contributed by atoms with E-state index in [2.05, 4.69) is 26.6 Å². The highest BCUT2D eigenvalue weighted by Gasteiger charge is 2.34. The van der Waals surface area contributed by atoms with Crippen molar-refractivity contribution in [2.24, 2.45) is 0 Å². The summed E-state index contributed by atoms with van der Waals surface area (Å²) >= 11 is 15.7. The van der Waals surface area contributed by atoms with Gasteiger partial charge in [-0.1, -0.05) is 51.3 Å². The van der Waals surface area contributed by atoms with E-state index in [4.69, 9.17) is 27.9 Å². The standard InChI is InChI=1S/C19H13BrCl2N2O3/c1-27-13-5-3-2-4-12(13)24-17-15(22)18(25)16(14(21)19(17)26)23-11-8-6-10(20)7-9-11/h2-9,23-24H,1H3. The quantitative estimate of drug-likeness (QED) is 0.603. The van der Waals surface area contributed by atoms with Crippen LogP contribution in [-0.2, 0) is 9.59 Å². The zero-order valence-electron chi connectivity index (χ0n) is 14.0. The fraction of sp³-hybridized carbons (Fsp3) is 0.0526. The van der Waals surface area contributed by atoms with E-state index < -0.39 is 11.6 Å². The molecule has 2 N–H and O–H groups in total. The highest BCUT2D eigenvalue weighted by atomic mass is 79.9. The maximum atomic E-state index is 12.7. The molecule has 3 rings (SSSR count). The first kappa shape index (κ1) is 19.5. The van der Waals surface area contributed by atoms with Gasteiger partial charge in [-0.3, -0.25) is 9.59 Å². The van der Waals surface area contributed by atoms with Crippen LogP contribution in [0, 0.1) is 0 Å². The molecule has 0 bridgehead atoms. The average Bonchev–Trinajstić information content (AvgIpc) is 2.69. The van der Waals surface area contributed by atoms with E-state index in [-0.39, 0.29) is 21.5 Å². The van der Waals surface area contributed by atoms with E-state index >= 15 is 0 Å². The molecule has 0 heterocycles. The van der Waals surface area contributed by atoms with Gasteiger partial charge in [0.25, 0.3) is 0 Å². The molecule has 27 heavy (non-hydrogen) atoms. The number of methoxy groups -OCH3 is 1. The summed E-state index contributed by atoms with van der Waals surface area (Å²) in [6, 6.07) is 14.0. The van der Waals surface area contributed by atoms with E-state index in [1.54, 1.807) is 48.5 Å². The van der Waals surface area contributed by atoms with Gasteiger partial charge >= 0.3 is 0 Å². The molecular formula is C19H13BrCl2N2O3. The number of benzene rings is 2. The number of para-hydroxylation sites is 2. The van der Waals surface area contributed by atoms with Crippen LogP contribution < -0.4 is 15.4 Å². The number of hydrogen-bond acceptors (Lipinski definition) is 5. The number of rotatable bonds is 5. The van der Waals surface area contributed by atoms with Crippen LogP contribution in [-0.4, -0.2) is 18.7 Å². The third-order valence-corrected chi connectivity index (χ3v) is 5.02. The summed E-state index contributed by atoms with van der Waals surface area (Å²) in [7, 11) is 1.50. The number of hydrogen-bond donors (Lipinski definition) is 2. The van der Waals surface area contributed by atoms with Crippen LogP contribution in [0.2, 0.25) is 0 Å². The first-order chi connectivity index (χ1) is 12.9. The smallest absolute Gasteiger partial charge is 0.224 e. The molecule has 0 spiro atoms. The normalized spacial score (nSPS) is 14.5. The number of carbonyl (C=O) groups excluding carboxylic acids is 2. The van der Waals surface area contributed by atoms with Gasteiger partial charge in [0.2, 0.25) is 11.6 Å². The van der Waals surface area contributed by atoms with Crippen molar-refractivity contribution in [1.82, 2.24) is 0 Å². The van der Waals surface area contributed by atoms with Crippen molar-refractivity contribution in [3.63, 3.8) is 0 Å². The molecule has 0 aliphatic heterocycles. The molecule has 5 nitrogen and oxygen atoms in total. The Morgan fingerprint density at radius 3 is 2.00 bits per heavy atom. The number of Topliss-reactive ketones (excluding diaryl/α,β-unsaturated/α-hetero) is 2. The molecule has 2 aromatic rings. The number of nitrogens with one attached hydrogen (secondary N) is 2. The second-order valence-corrected chi connectivity index (χ2v) is 7.16. The first-order valence-corrected chi connectivity index (χ1v) is 9.29. The molecule has 0 aromatic heterocycles. The molecule has 0 unspecified atom stereocenters. The van der Waals surface area contributed by atoms with Gasteiger partial charge in [0, 0.05) is 10.2 Å². The molecule has 0 saturated heterocycles. The van der Waals surface area contributed by atoms with E-state index in [9.17, 15) is 9.59 Å². The average molecular weight is 468 g/mol. The second-order valence-electron chi connectivity index (χ2n) is 5.49. The zero-order chi connectivity index (χ0) is 19.6. The lowest BCUT2D eigenvalue weighted by Crippen LogP contribution is -2.27. The third-order valence-electron chi connectivity index (χ3n) is 3.77. The molecule has 0 fully saturated rings. The van der Waals surface area contributed by atoms with Crippen molar-refractivity contribution >= 4 is 62.1 Å². The minimum atomic E-state index is -0.591. The summed E-state index contributed by atoms with van der Waals surface area (Å²) in [6.45, 7) is 0. The van der Waals surface area contributed by atoms with Crippen molar-refractivity contribution < 1.29 is 14.3 Å². The second kappa shape index (κ2) is 8.17. The Bertz CT molecular complexity index is 985.